The van der Waals surface area contributed by atoms with Gasteiger partial charge in [-0.05, 0) is 65.0 Å². The predicted octanol–water partition coefficient (Wildman–Crippen LogP) is 3.22. The number of unbranched alkanes of at least 4 members (excludes halogenated alkanes) is 2. The molecule has 0 aliphatic heterocycles. The summed E-state index contributed by atoms with van der Waals surface area (Å²) in [6, 6.07) is 0. The average Bonchev–Trinajstić information content (AvgIpc) is 2.81. The van der Waals surface area contributed by atoms with E-state index in [4.69, 9.17) is 5.11 Å². The summed E-state index contributed by atoms with van der Waals surface area (Å²) < 4.78 is 0. The molecule has 1 aromatic rings. The van der Waals surface area contributed by atoms with Crippen LogP contribution in [0, 0.1) is 0 Å². The van der Waals surface area contributed by atoms with Gasteiger partial charge in [0.1, 0.15) is 0 Å². The van der Waals surface area contributed by atoms with Crippen molar-refractivity contribution < 1.29 is 9.90 Å². The maximum atomic E-state index is 10.6. The van der Waals surface area contributed by atoms with Crippen LogP contribution in [0.2, 0.25) is 0 Å². The number of rotatable bonds is 21. The van der Waals surface area contributed by atoms with Crippen LogP contribution in [0.5, 0.6) is 0 Å². The minimum absolute atomic E-state index is 0.217. The third-order valence-electron chi connectivity index (χ3n) is 5.64. The number of anilines is 3. The average molecular weight is 467 g/mol. The maximum Gasteiger partial charge on any atom is 0.303 e. The molecule has 0 saturated carbocycles. The van der Waals surface area contributed by atoms with Crippen LogP contribution < -0.4 is 16.0 Å². The molecule has 0 radical (unpaired) electrons. The fourth-order valence-corrected chi connectivity index (χ4v) is 3.48. The van der Waals surface area contributed by atoms with Crippen molar-refractivity contribution in [1.29, 1.82) is 0 Å². The first-order valence-electron chi connectivity index (χ1n) is 12.7. The van der Waals surface area contributed by atoms with E-state index in [2.05, 4.69) is 68.4 Å². The van der Waals surface area contributed by atoms with Crippen LogP contribution in [-0.2, 0) is 4.79 Å². The molecular weight excluding hydrogens is 420 g/mol. The Balaban J connectivity index is 2.59. The molecular formula is C23H46N8O2. The zero-order valence-corrected chi connectivity index (χ0v) is 21.2. The van der Waals surface area contributed by atoms with Crippen molar-refractivity contribution in [1.82, 2.24) is 24.8 Å². The summed E-state index contributed by atoms with van der Waals surface area (Å²) in [6.45, 7) is 17.4. The first-order chi connectivity index (χ1) is 16.0. The van der Waals surface area contributed by atoms with E-state index in [1.165, 1.54) is 0 Å². The van der Waals surface area contributed by atoms with Gasteiger partial charge in [0.25, 0.3) is 0 Å². The van der Waals surface area contributed by atoms with Gasteiger partial charge in [-0.1, -0.05) is 34.1 Å². The summed E-state index contributed by atoms with van der Waals surface area (Å²) in [5.41, 5.74) is 0. The highest BCUT2D eigenvalue weighted by Gasteiger charge is 2.07. The molecule has 0 aliphatic rings. The van der Waals surface area contributed by atoms with E-state index in [-0.39, 0.29) is 6.42 Å². The Kier molecular flexibility index (Phi) is 15.9. The molecule has 0 fully saturated rings. The van der Waals surface area contributed by atoms with Crippen molar-refractivity contribution >= 4 is 23.8 Å². The molecule has 33 heavy (non-hydrogen) atoms. The number of aromatic nitrogens is 3. The summed E-state index contributed by atoms with van der Waals surface area (Å²) in [5.74, 6) is 0.947. The van der Waals surface area contributed by atoms with Crippen molar-refractivity contribution in [2.75, 3.05) is 74.9 Å². The molecule has 0 spiro atoms. The lowest BCUT2D eigenvalue weighted by Gasteiger charge is -2.18. The smallest absolute Gasteiger partial charge is 0.303 e. The topological polar surface area (TPSA) is 119 Å². The Hall–Kier alpha value is -2.20. The monoisotopic (exact) mass is 466 g/mol. The second kappa shape index (κ2) is 18.3. The minimum Gasteiger partial charge on any atom is -0.481 e. The highest BCUT2D eigenvalue weighted by Crippen LogP contribution is 2.10. The molecule has 190 valence electrons. The number of nitrogens with zero attached hydrogens (tertiary/aromatic N) is 5. The van der Waals surface area contributed by atoms with E-state index >= 15 is 0 Å². The lowest BCUT2D eigenvalue weighted by atomic mass is 10.2. The third kappa shape index (κ3) is 13.8. The lowest BCUT2D eigenvalue weighted by molar-refractivity contribution is -0.137. The van der Waals surface area contributed by atoms with Gasteiger partial charge in [0, 0.05) is 26.1 Å². The zero-order valence-electron chi connectivity index (χ0n) is 21.2. The maximum absolute atomic E-state index is 10.6. The normalized spacial score (nSPS) is 11.2. The number of nitrogens with one attached hydrogen (secondary N) is 3. The molecule has 0 amide bonds. The van der Waals surface area contributed by atoms with Crippen molar-refractivity contribution in [3.8, 4) is 0 Å². The lowest BCUT2D eigenvalue weighted by Crippen LogP contribution is -2.26. The van der Waals surface area contributed by atoms with Crippen LogP contribution in [0.15, 0.2) is 0 Å². The summed E-state index contributed by atoms with van der Waals surface area (Å²) in [4.78, 5) is 29.0. The largest absolute Gasteiger partial charge is 0.481 e. The van der Waals surface area contributed by atoms with E-state index in [1.807, 2.05) is 0 Å². The molecule has 10 heteroatoms. The Morgan fingerprint density at radius 2 is 1.06 bits per heavy atom. The van der Waals surface area contributed by atoms with Crippen LogP contribution in [0.25, 0.3) is 0 Å². The Labute approximate surface area is 200 Å². The van der Waals surface area contributed by atoms with Crippen LogP contribution in [-0.4, -0.2) is 94.7 Å². The quantitative estimate of drug-likeness (QED) is 0.201. The zero-order chi connectivity index (χ0) is 24.3. The molecule has 10 nitrogen and oxygen atoms in total. The van der Waals surface area contributed by atoms with Crippen LogP contribution in [0.1, 0.15) is 66.2 Å². The number of hydrogen-bond donors (Lipinski definition) is 4. The fourth-order valence-electron chi connectivity index (χ4n) is 3.48. The standard InChI is InChI=1S/C23H46N8O2/c1-5-30(6-2)18-12-16-25-22-27-21(24-15-11-9-10-14-20(32)33)28-23(29-22)26-17-13-19-31(7-3)8-4/h5-19H2,1-4H3,(H,32,33)(H3,24,25,26,27,28,29). The van der Waals surface area contributed by atoms with Crippen molar-refractivity contribution in [3.63, 3.8) is 0 Å². The van der Waals surface area contributed by atoms with Gasteiger partial charge in [-0.15, -0.1) is 0 Å². The Morgan fingerprint density at radius 1 is 0.667 bits per heavy atom. The van der Waals surface area contributed by atoms with E-state index in [1.54, 1.807) is 0 Å². The second-order valence-electron chi connectivity index (χ2n) is 8.05. The Bertz CT molecular complexity index is 601. The van der Waals surface area contributed by atoms with E-state index in [9.17, 15) is 4.79 Å². The van der Waals surface area contributed by atoms with Gasteiger partial charge in [-0.2, -0.15) is 15.0 Å². The summed E-state index contributed by atoms with van der Waals surface area (Å²) in [7, 11) is 0. The van der Waals surface area contributed by atoms with Gasteiger partial charge in [0.2, 0.25) is 17.8 Å². The van der Waals surface area contributed by atoms with Gasteiger partial charge in [0.15, 0.2) is 0 Å². The molecule has 0 saturated heterocycles. The number of aliphatic carboxylic acids is 1. The number of carbonyl (C=O) groups is 1. The third-order valence-corrected chi connectivity index (χ3v) is 5.64. The minimum atomic E-state index is -0.742. The molecule has 4 N–H and O–H groups in total. The fraction of sp³-hybridized carbons (Fsp3) is 0.826. The van der Waals surface area contributed by atoms with Crippen molar-refractivity contribution in [2.24, 2.45) is 0 Å². The molecule has 0 aromatic carbocycles. The highest BCUT2D eigenvalue weighted by atomic mass is 16.4. The van der Waals surface area contributed by atoms with E-state index in [0.717, 1.165) is 78.0 Å². The van der Waals surface area contributed by atoms with E-state index in [0.29, 0.717) is 30.8 Å². The predicted molar refractivity (Wildman–Crippen MR) is 136 cm³/mol. The molecule has 1 heterocycles. The molecule has 0 atom stereocenters. The molecule has 1 rings (SSSR count). The van der Waals surface area contributed by atoms with Crippen LogP contribution in [0.4, 0.5) is 17.8 Å². The number of carboxylic acids is 1. The summed E-state index contributed by atoms with van der Waals surface area (Å²) in [5, 5.41) is 18.7. The van der Waals surface area contributed by atoms with Gasteiger partial charge in [0.05, 0.1) is 0 Å². The number of carboxylic acid groups (broad SMARTS) is 1. The highest BCUT2D eigenvalue weighted by molar-refractivity contribution is 5.66. The molecule has 1 aromatic heterocycles. The van der Waals surface area contributed by atoms with E-state index < -0.39 is 5.97 Å². The van der Waals surface area contributed by atoms with Crippen LogP contribution >= 0.6 is 0 Å². The first-order valence-corrected chi connectivity index (χ1v) is 12.7. The van der Waals surface area contributed by atoms with Gasteiger partial charge >= 0.3 is 5.97 Å². The molecule has 0 unspecified atom stereocenters. The SMILES string of the molecule is CCN(CC)CCCNc1nc(NCCCCCC(=O)O)nc(NCCCN(CC)CC)n1. The van der Waals surface area contributed by atoms with Gasteiger partial charge in [-0.3, -0.25) is 4.79 Å². The first kappa shape index (κ1) is 28.8. The van der Waals surface area contributed by atoms with Gasteiger partial charge in [-0.25, -0.2) is 0 Å². The Morgan fingerprint density at radius 3 is 1.42 bits per heavy atom. The molecule has 0 bridgehead atoms. The van der Waals surface area contributed by atoms with Crippen molar-refractivity contribution in [2.45, 2.75) is 66.2 Å². The number of hydrogen-bond acceptors (Lipinski definition) is 9. The van der Waals surface area contributed by atoms with Gasteiger partial charge < -0.3 is 30.9 Å². The summed E-state index contributed by atoms with van der Waals surface area (Å²) in [6.07, 6.45) is 4.68. The van der Waals surface area contributed by atoms with Crippen LogP contribution in [0.3, 0.4) is 0 Å². The molecule has 0 aliphatic carbocycles. The van der Waals surface area contributed by atoms with Crippen molar-refractivity contribution in [3.05, 3.63) is 0 Å². The second-order valence-corrected chi connectivity index (χ2v) is 8.05. The summed E-state index contributed by atoms with van der Waals surface area (Å²) >= 11 is 0.